The van der Waals surface area contributed by atoms with Crippen molar-refractivity contribution in [3.63, 3.8) is 0 Å². The predicted octanol–water partition coefficient (Wildman–Crippen LogP) is 2.27. The Morgan fingerprint density at radius 1 is 1.31 bits per heavy atom. The summed E-state index contributed by atoms with van der Waals surface area (Å²) >= 11 is 5.68. The first-order valence-electron chi connectivity index (χ1n) is 4.99. The first-order chi connectivity index (χ1) is 6.20. The Morgan fingerprint density at radius 3 is 2.46 bits per heavy atom. The minimum absolute atomic E-state index is 0.418. The van der Waals surface area contributed by atoms with Crippen LogP contribution < -0.4 is 5.32 Å². The van der Waals surface area contributed by atoms with E-state index in [1.165, 1.54) is 6.42 Å². The van der Waals surface area contributed by atoms with Gasteiger partial charge < -0.3 is 10.1 Å². The van der Waals surface area contributed by atoms with Gasteiger partial charge in [-0.3, -0.25) is 0 Å². The van der Waals surface area contributed by atoms with Crippen LogP contribution >= 0.6 is 11.6 Å². The summed E-state index contributed by atoms with van der Waals surface area (Å²) in [6, 6.07) is 0.418. The molecule has 1 atom stereocenters. The predicted molar refractivity (Wildman–Crippen MR) is 58.5 cm³/mol. The van der Waals surface area contributed by atoms with Crippen molar-refractivity contribution in [2.24, 2.45) is 5.92 Å². The molecule has 0 fully saturated rings. The highest BCUT2D eigenvalue weighted by molar-refractivity contribution is 6.17. The van der Waals surface area contributed by atoms with E-state index in [1.54, 1.807) is 7.11 Å². The van der Waals surface area contributed by atoms with Crippen LogP contribution in [0.15, 0.2) is 0 Å². The number of hydrogen-bond acceptors (Lipinski definition) is 2. The Balaban J connectivity index is 3.44. The quantitative estimate of drug-likeness (QED) is 0.617. The summed E-state index contributed by atoms with van der Waals surface area (Å²) in [5.74, 6) is 1.45. The van der Waals surface area contributed by atoms with E-state index < -0.39 is 0 Å². The summed E-state index contributed by atoms with van der Waals surface area (Å²) < 4.78 is 5.09. The van der Waals surface area contributed by atoms with Gasteiger partial charge in [0.15, 0.2) is 0 Å². The molecular formula is C10H22ClNO. The molecule has 0 saturated carbocycles. The highest BCUT2D eigenvalue weighted by Crippen LogP contribution is 1.99. The average molecular weight is 208 g/mol. The van der Waals surface area contributed by atoms with Crippen molar-refractivity contribution in [1.82, 2.24) is 5.32 Å². The maximum atomic E-state index is 5.68. The lowest BCUT2D eigenvalue weighted by molar-refractivity contribution is 0.164. The molecule has 0 heterocycles. The van der Waals surface area contributed by atoms with E-state index in [4.69, 9.17) is 16.3 Å². The fraction of sp³-hybridized carbons (Fsp3) is 1.00. The van der Waals surface area contributed by atoms with E-state index in [0.29, 0.717) is 11.9 Å². The molecule has 0 radical (unpaired) electrons. The number of rotatable bonds is 8. The van der Waals surface area contributed by atoms with E-state index in [0.717, 1.165) is 25.5 Å². The van der Waals surface area contributed by atoms with Gasteiger partial charge in [0, 0.05) is 19.0 Å². The summed E-state index contributed by atoms with van der Waals surface area (Å²) in [6.07, 6.45) is 2.19. The van der Waals surface area contributed by atoms with Crippen LogP contribution in [0.2, 0.25) is 0 Å². The third kappa shape index (κ3) is 8.54. The lowest BCUT2D eigenvalue weighted by Gasteiger charge is -2.17. The van der Waals surface area contributed by atoms with Gasteiger partial charge >= 0.3 is 0 Å². The number of alkyl halides is 1. The summed E-state index contributed by atoms with van der Waals surface area (Å²) in [7, 11) is 1.73. The number of methoxy groups -OCH3 is 1. The molecule has 1 unspecified atom stereocenters. The summed E-state index contributed by atoms with van der Waals surface area (Å²) in [4.78, 5) is 0. The second-order valence-corrected chi connectivity index (χ2v) is 4.14. The van der Waals surface area contributed by atoms with Gasteiger partial charge in [-0.2, -0.15) is 0 Å². The average Bonchev–Trinajstić information content (AvgIpc) is 2.04. The monoisotopic (exact) mass is 207 g/mol. The minimum Gasteiger partial charge on any atom is -0.383 e. The fourth-order valence-corrected chi connectivity index (χ4v) is 1.42. The molecule has 2 nitrogen and oxygen atoms in total. The van der Waals surface area contributed by atoms with Gasteiger partial charge in [0.25, 0.3) is 0 Å². The first kappa shape index (κ1) is 13.2. The SMILES string of the molecule is COCC(CCCl)NCCC(C)C. The molecule has 0 saturated heterocycles. The van der Waals surface area contributed by atoms with Crippen molar-refractivity contribution in [3.05, 3.63) is 0 Å². The molecule has 0 aliphatic rings. The fourth-order valence-electron chi connectivity index (χ4n) is 1.15. The molecule has 0 rings (SSSR count). The Hall–Kier alpha value is 0.210. The van der Waals surface area contributed by atoms with Crippen LogP contribution in [0.4, 0.5) is 0 Å². The third-order valence-corrected chi connectivity index (χ3v) is 2.20. The van der Waals surface area contributed by atoms with Crippen LogP contribution in [0.3, 0.4) is 0 Å². The molecule has 80 valence electrons. The van der Waals surface area contributed by atoms with Gasteiger partial charge in [-0.25, -0.2) is 0 Å². The maximum absolute atomic E-state index is 5.68. The normalized spacial score (nSPS) is 13.6. The van der Waals surface area contributed by atoms with Crippen LogP contribution in [0.25, 0.3) is 0 Å². The van der Waals surface area contributed by atoms with Gasteiger partial charge in [0.1, 0.15) is 0 Å². The van der Waals surface area contributed by atoms with Crippen molar-refractivity contribution in [1.29, 1.82) is 0 Å². The summed E-state index contributed by atoms with van der Waals surface area (Å²) in [5.41, 5.74) is 0. The van der Waals surface area contributed by atoms with Gasteiger partial charge in [-0.05, 0) is 25.3 Å². The second-order valence-electron chi connectivity index (χ2n) is 3.77. The van der Waals surface area contributed by atoms with E-state index in [1.807, 2.05) is 0 Å². The molecule has 0 aromatic carbocycles. The van der Waals surface area contributed by atoms with Crippen molar-refractivity contribution >= 4 is 11.6 Å². The van der Waals surface area contributed by atoms with Crippen LogP contribution in [-0.4, -0.2) is 32.2 Å². The van der Waals surface area contributed by atoms with Crippen molar-refractivity contribution in [2.75, 3.05) is 26.1 Å². The topological polar surface area (TPSA) is 21.3 Å². The highest BCUT2D eigenvalue weighted by atomic mass is 35.5. The Labute approximate surface area is 87.0 Å². The molecule has 1 N–H and O–H groups in total. The van der Waals surface area contributed by atoms with E-state index >= 15 is 0 Å². The molecule has 0 aromatic rings. The van der Waals surface area contributed by atoms with Gasteiger partial charge in [-0.1, -0.05) is 13.8 Å². The van der Waals surface area contributed by atoms with Crippen molar-refractivity contribution in [2.45, 2.75) is 32.7 Å². The third-order valence-electron chi connectivity index (χ3n) is 1.98. The summed E-state index contributed by atoms with van der Waals surface area (Å²) in [6.45, 7) is 6.27. The zero-order valence-electron chi connectivity index (χ0n) is 8.98. The molecule has 0 aliphatic carbocycles. The Morgan fingerprint density at radius 2 is 2.00 bits per heavy atom. The zero-order chi connectivity index (χ0) is 10.1. The molecule has 0 amide bonds. The molecule has 3 heteroatoms. The molecular weight excluding hydrogens is 186 g/mol. The molecule has 0 aliphatic heterocycles. The standard InChI is InChI=1S/C10H22ClNO/c1-9(2)5-7-12-10(4-6-11)8-13-3/h9-10,12H,4-8H2,1-3H3. The minimum atomic E-state index is 0.418. The number of halogens is 1. The smallest absolute Gasteiger partial charge is 0.0616 e. The van der Waals surface area contributed by atoms with E-state index in [2.05, 4.69) is 19.2 Å². The number of nitrogens with one attached hydrogen (secondary N) is 1. The van der Waals surface area contributed by atoms with Gasteiger partial charge in [0.05, 0.1) is 6.61 Å². The van der Waals surface area contributed by atoms with Crippen LogP contribution in [0.5, 0.6) is 0 Å². The molecule has 0 aromatic heterocycles. The Bertz CT molecular complexity index is 103. The molecule has 0 bridgehead atoms. The lowest BCUT2D eigenvalue weighted by Crippen LogP contribution is -2.34. The summed E-state index contributed by atoms with van der Waals surface area (Å²) in [5, 5.41) is 3.44. The van der Waals surface area contributed by atoms with E-state index in [9.17, 15) is 0 Å². The van der Waals surface area contributed by atoms with Gasteiger partial charge in [0.2, 0.25) is 0 Å². The van der Waals surface area contributed by atoms with Crippen LogP contribution in [0.1, 0.15) is 26.7 Å². The zero-order valence-corrected chi connectivity index (χ0v) is 9.73. The molecule has 13 heavy (non-hydrogen) atoms. The van der Waals surface area contributed by atoms with Crippen LogP contribution in [0, 0.1) is 5.92 Å². The van der Waals surface area contributed by atoms with Gasteiger partial charge in [-0.15, -0.1) is 11.6 Å². The first-order valence-corrected chi connectivity index (χ1v) is 5.52. The number of hydrogen-bond donors (Lipinski definition) is 1. The highest BCUT2D eigenvalue weighted by Gasteiger charge is 2.06. The Kier molecular flexibility index (Phi) is 8.93. The van der Waals surface area contributed by atoms with E-state index in [-0.39, 0.29) is 0 Å². The molecule has 0 spiro atoms. The number of ether oxygens (including phenoxy) is 1. The second kappa shape index (κ2) is 8.79. The lowest BCUT2D eigenvalue weighted by atomic mass is 10.1. The maximum Gasteiger partial charge on any atom is 0.0616 e. The largest absolute Gasteiger partial charge is 0.383 e. The van der Waals surface area contributed by atoms with Crippen molar-refractivity contribution in [3.8, 4) is 0 Å². The van der Waals surface area contributed by atoms with Crippen molar-refractivity contribution < 1.29 is 4.74 Å². The van der Waals surface area contributed by atoms with Crippen LogP contribution in [-0.2, 0) is 4.74 Å².